The van der Waals surface area contributed by atoms with Crippen LogP contribution in [0.1, 0.15) is 16.7 Å². The molecule has 0 fully saturated rings. The van der Waals surface area contributed by atoms with Crippen molar-refractivity contribution >= 4 is 6.08 Å². The van der Waals surface area contributed by atoms with Gasteiger partial charge in [0.1, 0.15) is 0 Å². The molecule has 2 N–H and O–H groups in total. The van der Waals surface area contributed by atoms with Crippen LogP contribution in [0.2, 0.25) is 0 Å². The van der Waals surface area contributed by atoms with Gasteiger partial charge in [0.15, 0.2) is 0 Å². The highest BCUT2D eigenvalue weighted by molar-refractivity contribution is 5.75. The van der Waals surface area contributed by atoms with Crippen LogP contribution in [0, 0.1) is 13.8 Å². The van der Waals surface area contributed by atoms with E-state index in [1.807, 2.05) is 6.08 Å². The maximum absolute atomic E-state index is 5.79. The van der Waals surface area contributed by atoms with Gasteiger partial charge in [0.2, 0.25) is 0 Å². The Morgan fingerprint density at radius 1 is 1.35 bits per heavy atom. The van der Waals surface area contributed by atoms with Crippen molar-refractivity contribution in [3.05, 3.63) is 53.7 Å². The lowest BCUT2D eigenvalue weighted by molar-refractivity contribution is 0.744. The fourth-order valence-electron chi connectivity index (χ4n) is 2.22. The first-order valence-electron chi connectivity index (χ1n) is 5.76. The lowest BCUT2D eigenvalue weighted by Gasteiger charge is -2.09. The SMILES string of the molecule is C=Cc1c(C)cn(CN)c1-c1cccc(C)c1. The summed E-state index contributed by atoms with van der Waals surface area (Å²) >= 11 is 0. The van der Waals surface area contributed by atoms with Gasteiger partial charge in [0, 0.05) is 11.8 Å². The molecule has 2 rings (SSSR count). The Balaban J connectivity index is 2.68. The van der Waals surface area contributed by atoms with Crippen LogP contribution in [0.25, 0.3) is 17.3 Å². The first kappa shape index (κ1) is 11.7. The predicted molar refractivity (Wildman–Crippen MR) is 73.6 cm³/mol. The molecular weight excluding hydrogens is 208 g/mol. The van der Waals surface area contributed by atoms with Gasteiger partial charge in [0.25, 0.3) is 0 Å². The third-order valence-electron chi connectivity index (χ3n) is 3.01. The van der Waals surface area contributed by atoms with Crippen molar-refractivity contribution in [2.24, 2.45) is 5.73 Å². The number of nitrogens with two attached hydrogens (primary N) is 1. The molecule has 0 unspecified atom stereocenters. The quantitative estimate of drug-likeness (QED) is 0.855. The van der Waals surface area contributed by atoms with E-state index >= 15 is 0 Å². The predicted octanol–water partition coefficient (Wildman–Crippen LogP) is 3.33. The molecule has 0 atom stereocenters. The minimum atomic E-state index is 0.484. The molecule has 2 nitrogen and oxygen atoms in total. The second-order valence-electron chi connectivity index (χ2n) is 4.30. The Morgan fingerprint density at radius 2 is 2.12 bits per heavy atom. The minimum Gasteiger partial charge on any atom is -0.334 e. The maximum Gasteiger partial charge on any atom is 0.0701 e. The molecule has 0 bridgehead atoms. The van der Waals surface area contributed by atoms with Gasteiger partial charge in [-0.25, -0.2) is 0 Å². The first-order valence-corrected chi connectivity index (χ1v) is 5.76. The normalized spacial score (nSPS) is 10.5. The lowest BCUT2D eigenvalue weighted by atomic mass is 10.0. The highest BCUT2D eigenvalue weighted by Crippen LogP contribution is 2.29. The highest BCUT2D eigenvalue weighted by atomic mass is 15.0. The summed E-state index contributed by atoms with van der Waals surface area (Å²) < 4.78 is 2.07. The van der Waals surface area contributed by atoms with Gasteiger partial charge in [0.05, 0.1) is 12.4 Å². The van der Waals surface area contributed by atoms with Crippen LogP contribution in [-0.4, -0.2) is 4.57 Å². The molecule has 0 saturated heterocycles. The Morgan fingerprint density at radius 3 is 2.71 bits per heavy atom. The molecule has 0 saturated carbocycles. The van der Waals surface area contributed by atoms with Crippen LogP contribution >= 0.6 is 0 Å². The Bertz CT molecular complexity index is 550. The standard InChI is InChI=1S/C15H18N2/c1-4-14-12(3)9-17(10-16)15(14)13-7-5-6-11(2)8-13/h4-9H,1,10,16H2,2-3H3. The van der Waals surface area contributed by atoms with Gasteiger partial charge in [-0.1, -0.05) is 36.4 Å². The zero-order valence-electron chi connectivity index (χ0n) is 10.4. The smallest absolute Gasteiger partial charge is 0.0701 e. The van der Waals surface area contributed by atoms with Gasteiger partial charge in [-0.05, 0) is 31.0 Å². The fourth-order valence-corrected chi connectivity index (χ4v) is 2.22. The maximum atomic E-state index is 5.79. The summed E-state index contributed by atoms with van der Waals surface area (Å²) in [6, 6.07) is 8.45. The Kier molecular flexibility index (Phi) is 3.16. The summed E-state index contributed by atoms with van der Waals surface area (Å²) in [5.41, 5.74) is 11.8. The molecule has 1 heterocycles. The Labute approximate surface area is 102 Å². The average Bonchev–Trinajstić information content (AvgIpc) is 2.65. The van der Waals surface area contributed by atoms with Crippen molar-refractivity contribution in [1.82, 2.24) is 4.57 Å². The molecule has 2 heteroatoms. The summed E-state index contributed by atoms with van der Waals surface area (Å²) in [5.74, 6) is 0. The summed E-state index contributed by atoms with van der Waals surface area (Å²) in [5, 5.41) is 0. The molecule has 0 aliphatic carbocycles. The molecule has 0 spiro atoms. The van der Waals surface area contributed by atoms with Crippen molar-refractivity contribution in [3.8, 4) is 11.3 Å². The first-order chi connectivity index (χ1) is 8.17. The van der Waals surface area contributed by atoms with Crippen molar-refractivity contribution in [3.63, 3.8) is 0 Å². The monoisotopic (exact) mass is 226 g/mol. The molecule has 0 aliphatic rings. The van der Waals surface area contributed by atoms with Crippen LogP contribution in [0.5, 0.6) is 0 Å². The van der Waals surface area contributed by atoms with E-state index in [0.717, 1.165) is 5.69 Å². The zero-order valence-corrected chi connectivity index (χ0v) is 10.4. The zero-order chi connectivity index (χ0) is 12.4. The van der Waals surface area contributed by atoms with Gasteiger partial charge in [-0.3, -0.25) is 0 Å². The van der Waals surface area contributed by atoms with Crippen LogP contribution < -0.4 is 5.73 Å². The van der Waals surface area contributed by atoms with E-state index in [0.29, 0.717) is 6.67 Å². The van der Waals surface area contributed by atoms with E-state index in [1.165, 1.54) is 22.3 Å². The van der Waals surface area contributed by atoms with Crippen molar-refractivity contribution in [2.75, 3.05) is 0 Å². The van der Waals surface area contributed by atoms with E-state index in [9.17, 15) is 0 Å². The minimum absolute atomic E-state index is 0.484. The number of benzene rings is 1. The largest absolute Gasteiger partial charge is 0.334 e. The van der Waals surface area contributed by atoms with Gasteiger partial charge < -0.3 is 10.3 Å². The number of hydrogen-bond donors (Lipinski definition) is 1. The molecular formula is C15H18N2. The van der Waals surface area contributed by atoms with Gasteiger partial charge in [-0.15, -0.1) is 0 Å². The second kappa shape index (κ2) is 4.60. The molecule has 2 aromatic rings. The molecule has 0 aliphatic heterocycles. The van der Waals surface area contributed by atoms with E-state index in [2.05, 4.69) is 55.5 Å². The van der Waals surface area contributed by atoms with Crippen molar-refractivity contribution in [2.45, 2.75) is 20.5 Å². The number of rotatable bonds is 3. The summed E-state index contributed by atoms with van der Waals surface area (Å²) in [4.78, 5) is 0. The average molecular weight is 226 g/mol. The van der Waals surface area contributed by atoms with Crippen LogP contribution in [-0.2, 0) is 6.67 Å². The van der Waals surface area contributed by atoms with E-state index < -0.39 is 0 Å². The van der Waals surface area contributed by atoms with Gasteiger partial charge >= 0.3 is 0 Å². The second-order valence-corrected chi connectivity index (χ2v) is 4.30. The fraction of sp³-hybridized carbons (Fsp3) is 0.200. The Hall–Kier alpha value is -1.80. The number of aryl methyl sites for hydroxylation is 2. The molecule has 1 aromatic heterocycles. The molecule has 17 heavy (non-hydrogen) atoms. The van der Waals surface area contributed by atoms with Crippen LogP contribution in [0.4, 0.5) is 0 Å². The molecule has 0 radical (unpaired) electrons. The number of nitrogens with zero attached hydrogens (tertiary/aromatic N) is 1. The number of aromatic nitrogens is 1. The van der Waals surface area contributed by atoms with Crippen molar-refractivity contribution < 1.29 is 0 Å². The van der Waals surface area contributed by atoms with Gasteiger partial charge in [-0.2, -0.15) is 0 Å². The summed E-state index contributed by atoms with van der Waals surface area (Å²) in [6.07, 6.45) is 3.98. The molecule has 1 aromatic carbocycles. The van der Waals surface area contributed by atoms with E-state index in [4.69, 9.17) is 5.73 Å². The summed E-state index contributed by atoms with van der Waals surface area (Å²) in [7, 11) is 0. The third-order valence-corrected chi connectivity index (χ3v) is 3.01. The van der Waals surface area contributed by atoms with Crippen LogP contribution in [0.3, 0.4) is 0 Å². The van der Waals surface area contributed by atoms with E-state index in [1.54, 1.807) is 0 Å². The highest BCUT2D eigenvalue weighted by Gasteiger charge is 2.11. The third kappa shape index (κ3) is 2.04. The van der Waals surface area contributed by atoms with Crippen LogP contribution in [0.15, 0.2) is 37.0 Å². The topological polar surface area (TPSA) is 30.9 Å². The van der Waals surface area contributed by atoms with E-state index in [-0.39, 0.29) is 0 Å². The summed E-state index contributed by atoms with van der Waals surface area (Å²) in [6.45, 7) is 8.56. The lowest BCUT2D eigenvalue weighted by Crippen LogP contribution is -2.07. The number of hydrogen-bond acceptors (Lipinski definition) is 1. The van der Waals surface area contributed by atoms with Crippen molar-refractivity contribution in [1.29, 1.82) is 0 Å². The molecule has 88 valence electrons. The molecule has 0 amide bonds.